The van der Waals surface area contributed by atoms with Crippen LogP contribution in [0.3, 0.4) is 0 Å². The Morgan fingerprint density at radius 1 is 1.06 bits per heavy atom. The molecular weight excluding hydrogens is 451 g/mol. The van der Waals surface area contributed by atoms with Crippen LogP contribution < -0.4 is 16.0 Å². The first-order chi connectivity index (χ1) is 16.8. The molecule has 4 N–H and O–H groups in total. The summed E-state index contributed by atoms with van der Waals surface area (Å²) >= 11 is 0. The molecule has 0 spiro atoms. The molecule has 3 amide bonds. The molecule has 10 heteroatoms. The van der Waals surface area contributed by atoms with Crippen molar-refractivity contribution in [3.8, 4) is 5.69 Å². The number of fused-ring (bicyclic) bond motifs is 1. The van der Waals surface area contributed by atoms with E-state index >= 15 is 0 Å². The van der Waals surface area contributed by atoms with Gasteiger partial charge in [0.1, 0.15) is 11.6 Å². The van der Waals surface area contributed by atoms with Crippen molar-refractivity contribution in [3.63, 3.8) is 0 Å². The maximum Gasteiger partial charge on any atom is 0.404 e. The third-order valence-corrected chi connectivity index (χ3v) is 5.45. The molecule has 2 aromatic heterocycles. The summed E-state index contributed by atoms with van der Waals surface area (Å²) in [6, 6.07) is 16.0. The minimum absolute atomic E-state index is 0.222. The summed E-state index contributed by atoms with van der Waals surface area (Å²) in [4.78, 5) is 28.4. The van der Waals surface area contributed by atoms with Gasteiger partial charge < -0.3 is 15.7 Å². The van der Waals surface area contributed by atoms with Crippen molar-refractivity contribution in [2.24, 2.45) is 0 Å². The zero-order valence-corrected chi connectivity index (χ0v) is 19.2. The minimum atomic E-state index is -1.15. The van der Waals surface area contributed by atoms with E-state index in [1.807, 2.05) is 37.3 Å². The van der Waals surface area contributed by atoms with Crippen LogP contribution >= 0.6 is 0 Å². The van der Waals surface area contributed by atoms with E-state index in [0.717, 1.165) is 5.56 Å². The van der Waals surface area contributed by atoms with E-state index < -0.39 is 18.2 Å². The molecule has 4 rings (SSSR count). The second-order valence-electron chi connectivity index (χ2n) is 8.21. The number of benzene rings is 2. The van der Waals surface area contributed by atoms with Crippen LogP contribution in [0, 0.1) is 5.82 Å². The molecule has 0 aliphatic carbocycles. The number of carbonyl (C=O) groups excluding carboxylic acids is 1. The maximum atomic E-state index is 13.4. The summed E-state index contributed by atoms with van der Waals surface area (Å²) in [6.45, 7) is 3.59. The fourth-order valence-electron chi connectivity index (χ4n) is 3.84. The Morgan fingerprint density at radius 2 is 1.77 bits per heavy atom. The lowest BCUT2D eigenvalue weighted by atomic mass is 10.1. The molecule has 2 atom stereocenters. The summed E-state index contributed by atoms with van der Waals surface area (Å²) in [7, 11) is 0. The minimum Gasteiger partial charge on any atom is -0.465 e. The number of nitrogens with one attached hydrogen (secondary N) is 3. The Bertz CT molecular complexity index is 1340. The van der Waals surface area contributed by atoms with Crippen molar-refractivity contribution in [2.75, 3.05) is 5.32 Å². The van der Waals surface area contributed by atoms with Crippen LogP contribution in [-0.2, 0) is 6.42 Å². The highest BCUT2D eigenvalue weighted by Gasteiger charge is 2.18. The number of anilines is 1. The van der Waals surface area contributed by atoms with Gasteiger partial charge >= 0.3 is 12.1 Å². The van der Waals surface area contributed by atoms with Gasteiger partial charge in [0.2, 0.25) is 0 Å². The fourth-order valence-corrected chi connectivity index (χ4v) is 3.84. The molecule has 0 radical (unpaired) electrons. The van der Waals surface area contributed by atoms with E-state index in [0.29, 0.717) is 28.1 Å². The van der Waals surface area contributed by atoms with Gasteiger partial charge in [-0.25, -0.2) is 23.6 Å². The molecule has 35 heavy (non-hydrogen) atoms. The van der Waals surface area contributed by atoms with E-state index in [-0.39, 0.29) is 18.3 Å². The molecular formula is C25H25FN6O3. The van der Waals surface area contributed by atoms with Gasteiger partial charge in [0.05, 0.1) is 29.1 Å². The topological polar surface area (TPSA) is 121 Å². The molecule has 4 aromatic rings. The highest BCUT2D eigenvalue weighted by atomic mass is 19.1. The van der Waals surface area contributed by atoms with Crippen LogP contribution in [0.5, 0.6) is 0 Å². The molecule has 0 fully saturated rings. The van der Waals surface area contributed by atoms with Crippen LogP contribution in [0.15, 0.2) is 66.9 Å². The number of halogens is 1. The second kappa shape index (κ2) is 10.2. The SMILES string of the molecule is CC(Cc1nc(NC(=O)N[C@H](C)c2ccccc2)cc2cnn(-c3ccc(F)cc3)c12)NC(=O)O. The smallest absolute Gasteiger partial charge is 0.404 e. The molecule has 2 heterocycles. The number of carboxylic acid groups (broad SMARTS) is 1. The molecule has 0 bridgehead atoms. The van der Waals surface area contributed by atoms with Crippen molar-refractivity contribution >= 4 is 28.8 Å². The summed E-state index contributed by atoms with van der Waals surface area (Å²) in [5.41, 5.74) is 2.75. The summed E-state index contributed by atoms with van der Waals surface area (Å²) < 4.78 is 15.1. The van der Waals surface area contributed by atoms with Crippen LogP contribution in [-0.4, -0.2) is 38.0 Å². The number of carbonyl (C=O) groups is 2. The first-order valence-electron chi connectivity index (χ1n) is 11.1. The Kier molecular flexibility index (Phi) is 6.91. The second-order valence-corrected chi connectivity index (χ2v) is 8.21. The largest absolute Gasteiger partial charge is 0.465 e. The number of aromatic nitrogens is 3. The van der Waals surface area contributed by atoms with Crippen molar-refractivity contribution in [1.29, 1.82) is 0 Å². The lowest BCUT2D eigenvalue weighted by Gasteiger charge is -2.16. The molecule has 0 aliphatic rings. The lowest BCUT2D eigenvalue weighted by molar-refractivity contribution is 0.190. The third kappa shape index (κ3) is 5.72. The quantitative estimate of drug-likeness (QED) is 0.310. The number of amides is 3. The van der Waals surface area contributed by atoms with Crippen LogP contribution in [0.1, 0.15) is 31.1 Å². The summed E-state index contributed by atoms with van der Waals surface area (Å²) in [6.07, 6.45) is 0.714. The molecule has 0 saturated heterocycles. The average molecular weight is 477 g/mol. The molecule has 0 saturated carbocycles. The molecule has 9 nitrogen and oxygen atoms in total. The van der Waals surface area contributed by atoms with Gasteiger partial charge in [-0.15, -0.1) is 0 Å². The standard InChI is InChI=1S/C25H25FN6O3/c1-15(28-25(34)35)12-21-23-18(14-27-32(23)20-10-8-19(26)9-11-20)13-22(30-21)31-24(33)29-16(2)17-6-4-3-5-7-17/h3-11,13-16,28H,12H2,1-2H3,(H,34,35)(H2,29,30,31,33)/t15?,16-/m1/s1. The van der Waals surface area contributed by atoms with Crippen LogP contribution in [0.4, 0.5) is 19.8 Å². The zero-order valence-electron chi connectivity index (χ0n) is 19.2. The first-order valence-corrected chi connectivity index (χ1v) is 11.1. The predicted molar refractivity (Wildman–Crippen MR) is 130 cm³/mol. The number of hydrogen-bond acceptors (Lipinski definition) is 4. The zero-order chi connectivity index (χ0) is 24.9. The van der Waals surface area contributed by atoms with E-state index in [9.17, 15) is 14.0 Å². The van der Waals surface area contributed by atoms with Crippen molar-refractivity contribution in [1.82, 2.24) is 25.4 Å². The average Bonchev–Trinajstić information content (AvgIpc) is 3.23. The number of pyridine rings is 1. The molecule has 2 aromatic carbocycles. The van der Waals surface area contributed by atoms with Gasteiger partial charge in [-0.05, 0) is 49.7 Å². The normalized spacial score (nSPS) is 12.7. The third-order valence-electron chi connectivity index (χ3n) is 5.45. The molecule has 180 valence electrons. The van der Waals surface area contributed by atoms with Gasteiger partial charge in [0.15, 0.2) is 0 Å². The number of rotatable bonds is 7. The Hall–Kier alpha value is -4.47. The maximum absolute atomic E-state index is 13.4. The van der Waals surface area contributed by atoms with Gasteiger partial charge in [-0.1, -0.05) is 30.3 Å². The van der Waals surface area contributed by atoms with Gasteiger partial charge in [-0.2, -0.15) is 5.10 Å². The first kappa shape index (κ1) is 23.7. The van der Waals surface area contributed by atoms with E-state index in [1.54, 1.807) is 36.0 Å². The lowest BCUT2D eigenvalue weighted by Crippen LogP contribution is -2.33. The van der Waals surface area contributed by atoms with Crippen molar-refractivity contribution in [2.45, 2.75) is 32.4 Å². The van der Waals surface area contributed by atoms with Crippen LogP contribution in [0.2, 0.25) is 0 Å². The van der Waals surface area contributed by atoms with E-state index in [2.05, 4.69) is 26.0 Å². The molecule has 0 aliphatic heterocycles. The summed E-state index contributed by atoms with van der Waals surface area (Å²) in [5, 5.41) is 22.3. The van der Waals surface area contributed by atoms with E-state index in [1.165, 1.54) is 12.1 Å². The Labute approximate surface area is 201 Å². The monoisotopic (exact) mass is 476 g/mol. The summed E-state index contributed by atoms with van der Waals surface area (Å²) in [5.74, 6) is -0.0727. The van der Waals surface area contributed by atoms with E-state index in [4.69, 9.17) is 5.11 Å². The van der Waals surface area contributed by atoms with Crippen LogP contribution in [0.25, 0.3) is 16.6 Å². The van der Waals surface area contributed by atoms with Gasteiger partial charge in [0, 0.05) is 17.8 Å². The van der Waals surface area contributed by atoms with Gasteiger partial charge in [0.25, 0.3) is 0 Å². The Morgan fingerprint density at radius 3 is 2.46 bits per heavy atom. The highest BCUT2D eigenvalue weighted by molar-refractivity contribution is 5.92. The van der Waals surface area contributed by atoms with Crippen molar-refractivity contribution in [3.05, 3.63) is 83.9 Å². The van der Waals surface area contributed by atoms with Crippen molar-refractivity contribution < 1.29 is 19.1 Å². The Balaban J connectivity index is 1.65. The molecule has 1 unspecified atom stereocenters. The highest BCUT2D eigenvalue weighted by Crippen LogP contribution is 2.25. The van der Waals surface area contributed by atoms with Gasteiger partial charge in [-0.3, -0.25) is 5.32 Å². The predicted octanol–water partition coefficient (Wildman–Crippen LogP) is 4.64. The number of nitrogens with zero attached hydrogens (tertiary/aromatic N) is 3. The number of hydrogen-bond donors (Lipinski definition) is 4. The number of urea groups is 1. The fraction of sp³-hybridized carbons (Fsp3) is 0.200.